The van der Waals surface area contributed by atoms with Crippen molar-refractivity contribution in [1.29, 1.82) is 0 Å². The number of carbonyl (C=O) groups is 1. The molecule has 0 amide bonds. The first-order valence-corrected chi connectivity index (χ1v) is 7.80. The maximum atomic E-state index is 12.2. The Morgan fingerprint density at radius 3 is 2.41 bits per heavy atom. The van der Waals surface area contributed by atoms with Crippen molar-refractivity contribution in [2.24, 2.45) is 5.73 Å². The van der Waals surface area contributed by atoms with Gasteiger partial charge in [0.2, 0.25) is 0 Å². The molecule has 22 heavy (non-hydrogen) atoms. The Morgan fingerprint density at radius 1 is 1.18 bits per heavy atom. The Labute approximate surface area is 128 Å². The number of nitrogens with two attached hydrogens (primary N) is 1. The lowest BCUT2D eigenvalue weighted by molar-refractivity contribution is -0.138. The Bertz CT molecular complexity index is 787. The third-order valence-corrected chi connectivity index (χ3v) is 4.20. The van der Waals surface area contributed by atoms with E-state index in [1.165, 1.54) is 24.3 Å². The Morgan fingerprint density at radius 2 is 1.82 bits per heavy atom. The lowest BCUT2D eigenvalue weighted by Crippen LogP contribution is -2.21. The number of carboxylic acid groups (broad SMARTS) is 1. The molecule has 0 aliphatic carbocycles. The topological polar surface area (TPSA) is 107 Å². The largest absolute Gasteiger partial charge is 0.480 e. The second-order valence-corrected chi connectivity index (χ2v) is 6.29. The number of hydrogen-bond acceptors (Lipinski definition) is 5. The molecule has 0 aliphatic rings. The van der Waals surface area contributed by atoms with Gasteiger partial charge in [0.1, 0.15) is 16.7 Å². The summed E-state index contributed by atoms with van der Waals surface area (Å²) in [6.07, 6.45) is 0. The molecule has 2 rings (SSSR count). The van der Waals surface area contributed by atoms with E-state index in [2.05, 4.69) is 0 Å². The smallest absolute Gasteiger partial charge is 0.339 e. The molecule has 2 aromatic carbocycles. The number of carboxylic acids is 1. The predicted molar refractivity (Wildman–Crippen MR) is 80.0 cm³/mol. The van der Waals surface area contributed by atoms with Gasteiger partial charge >= 0.3 is 16.1 Å². The third-order valence-electron chi connectivity index (χ3n) is 2.94. The first-order valence-electron chi connectivity index (χ1n) is 6.39. The van der Waals surface area contributed by atoms with Gasteiger partial charge in [-0.15, -0.1) is 0 Å². The van der Waals surface area contributed by atoms with Crippen molar-refractivity contribution in [1.82, 2.24) is 0 Å². The summed E-state index contributed by atoms with van der Waals surface area (Å²) in [6.45, 7) is 1.69. The van der Waals surface area contributed by atoms with E-state index >= 15 is 0 Å². The van der Waals surface area contributed by atoms with E-state index < -0.39 is 22.1 Å². The molecule has 116 valence electrons. The van der Waals surface area contributed by atoms with Crippen molar-refractivity contribution in [2.75, 3.05) is 0 Å². The van der Waals surface area contributed by atoms with Crippen molar-refractivity contribution >= 4 is 16.1 Å². The zero-order chi connectivity index (χ0) is 16.3. The maximum absolute atomic E-state index is 12.2. The minimum atomic E-state index is -3.98. The minimum absolute atomic E-state index is 0.0144. The van der Waals surface area contributed by atoms with E-state index in [1.54, 1.807) is 31.2 Å². The van der Waals surface area contributed by atoms with E-state index in [0.29, 0.717) is 5.56 Å². The van der Waals surface area contributed by atoms with Crippen LogP contribution in [0.1, 0.15) is 17.2 Å². The van der Waals surface area contributed by atoms with E-state index in [4.69, 9.17) is 15.0 Å². The standard InChI is InChI=1S/C15H15NO5S/c1-10-7-11(14(16)15(17)18)9-12(8-10)21-22(19,20)13-5-3-2-4-6-13/h2-9,14H,16H2,1H3,(H,17,18). The van der Waals surface area contributed by atoms with Crippen LogP contribution in [0.15, 0.2) is 53.4 Å². The Hall–Kier alpha value is -2.38. The van der Waals surface area contributed by atoms with Crippen molar-refractivity contribution in [3.05, 3.63) is 59.7 Å². The summed E-state index contributed by atoms with van der Waals surface area (Å²) >= 11 is 0. The van der Waals surface area contributed by atoms with Crippen molar-refractivity contribution < 1.29 is 22.5 Å². The van der Waals surface area contributed by atoms with Crippen LogP contribution in [0.2, 0.25) is 0 Å². The third kappa shape index (κ3) is 3.63. The van der Waals surface area contributed by atoms with Crippen LogP contribution in [0.4, 0.5) is 0 Å². The SMILES string of the molecule is Cc1cc(OS(=O)(=O)c2ccccc2)cc(C(N)C(=O)O)c1. The van der Waals surface area contributed by atoms with Crippen LogP contribution in [0.25, 0.3) is 0 Å². The highest BCUT2D eigenvalue weighted by molar-refractivity contribution is 7.87. The number of benzene rings is 2. The summed E-state index contributed by atoms with van der Waals surface area (Å²) in [5, 5.41) is 8.94. The van der Waals surface area contributed by atoms with Crippen molar-refractivity contribution in [3.63, 3.8) is 0 Å². The van der Waals surface area contributed by atoms with E-state index in [9.17, 15) is 13.2 Å². The first-order chi connectivity index (χ1) is 10.3. The fourth-order valence-corrected chi connectivity index (χ4v) is 2.85. The van der Waals surface area contributed by atoms with Gasteiger partial charge in [0.25, 0.3) is 0 Å². The predicted octanol–water partition coefficient (Wildman–Crippen LogP) is 1.85. The normalized spacial score (nSPS) is 12.6. The summed E-state index contributed by atoms with van der Waals surface area (Å²) in [5.41, 5.74) is 6.46. The molecule has 0 saturated carbocycles. The second kappa shape index (κ2) is 6.17. The molecule has 0 aromatic heterocycles. The van der Waals surface area contributed by atoms with Gasteiger partial charge in [-0.2, -0.15) is 8.42 Å². The highest BCUT2D eigenvalue weighted by atomic mass is 32.2. The van der Waals surface area contributed by atoms with Crippen LogP contribution < -0.4 is 9.92 Å². The van der Waals surface area contributed by atoms with Crippen LogP contribution >= 0.6 is 0 Å². The zero-order valence-corrected chi connectivity index (χ0v) is 12.6. The van der Waals surface area contributed by atoms with Gasteiger partial charge in [-0.1, -0.05) is 24.3 Å². The van der Waals surface area contributed by atoms with E-state index in [1.807, 2.05) is 0 Å². The maximum Gasteiger partial charge on any atom is 0.339 e. The van der Waals surface area contributed by atoms with Gasteiger partial charge < -0.3 is 15.0 Å². The van der Waals surface area contributed by atoms with Gasteiger partial charge in [0, 0.05) is 0 Å². The molecule has 0 radical (unpaired) electrons. The van der Waals surface area contributed by atoms with Crippen LogP contribution in [0, 0.1) is 6.92 Å². The lowest BCUT2D eigenvalue weighted by Gasteiger charge is -2.12. The molecule has 3 N–H and O–H groups in total. The van der Waals surface area contributed by atoms with Crippen molar-refractivity contribution in [3.8, 4) is 5.75 Å². The molecule has 2 aromatic rings. The molecule has 0 saturated heterocycles. The summed E-state index contributed by atoms with van der Waals surface area (Å²) in [4.78, 5) is 11.0. The molecule has 0 aliphatic heterocycles. The molecular weight excluding hydrogens is 306 g/mol. The number of hydrogen-bond donors (Lipinski definition) is 2. The molecule has 7 heteroatoms. The average Bonchev–Trinajstić information content (AvgIpc) is 2.46. The van der Waals surface area contributed by atoms with Gasteiger partial charge in [0.05, 0.1) is 0 Å². The highest BCUT2D eigenvalue weighted by Gasteiger charge is 2.19. The fourth-order valence-electron chi connectivity index (χ4n) is 1.91. The molecule has 1 atom stereocenters. The second-order valence-electron chi connectivity index (χ2n) is 4.75. The average molecular weight is 321 g/mol. The molecule has 0 bridgehead atoms. The molecule has 0 heterocycles. The summed E-state index contributed by atoms with van der Waals surface area (Å²) < 4.78 is 29.4. The van der Waals surface area contributed by atoms with Gasteiger partial charge in [0.15, 0.2) is 0 Å². The molecule has 1 unspecified atom stereocenters. The van der Waals surface area contributed by atoms with Gasteiger partial charge in [-0.05, 0) is 42.3 Å². The molecule has 0 spiro atoms. The molecule has 6 nitrogen and oxygen atoms in total. The van der Waals surface area contributed by atoms with Gasteiger partial charge in [-0.25, -0.2) is 0 Å². The molecular formula is C15H15NO5S. The monoisotopic (exact) mass is 321 g/mol. The highest BCUT2D eigenvalue weighted by Crippen LogP contribution is 2.24. The lowest BCUT2D eigenvalue weighted by atomic mass is 10.0. The summed E-state index contributed by atoms with van der Waals surface area (Å²) in [7, 11) is -3.98. The summed E-state index contributed by atoms with van der Waals surface area (Å²) in [6, 6.07) is 10.8. The van der Waals surface area contributed by atoms with Crippen LogP contribution in [0.5, 0.6) is 5.75 Å². The van der Waals surface area contributed by atoms with E-state index in [-0.39, 0.29) is 16.2 Å². The molecule has 0 fully saturated rings. The van der Waals surface area contributed by atoms with Crippen molar-refractivity contribution in [2.45, 2.75) is 17.9 Å². The Kier molecular flexibility index (Phi) is 4.48. The van der Waals surface area contributed by atoms with Crippen LogP contribution in [-0.2, 0) is 14.9 Å². The Balaban J connectivity index is 2.36. The zero-order valence-electron chi connectivity index (χ0n) is 11.8. The number of rotatable bonds is 5. The van der Waals surface area contributed by atoms with Crippen LogP contribution in [0.3, 0.4) is 0 Å². The number of aliphatic carboxylic acids is 1. The van der Waals surface area contributed by atoms with Crippen LogP contribution in [-0.4, -0.2) is 19.5 Å². The quantitative estimate of drug-likeness (QED) is 0.814. The fraction of sp³-hybridized carbons (Fsp3) is 0.133. The minimum Gasteiger partial charge on any atom is -0.480 e. The summed E-state index contributed by atoms with van der Waals surface area (Å²) in [5.74, 6) is -1.18. The number of aryl methyl sites for hydroxylation is 1. The van der Waals surface area contributed by atoms with E-state index in [0.717, 1.165) is 0 Å². The first kappa shape index (κ1) is 16.0. The van der Waals surface area contributed by atoms with Gasteiger partial charge in [-0.3, -0.25) is 4.79 Å².